The third-order valence-corrected chi connectivity index (χ3v) is 9.44. The number of ether oxygens (including phenoxy) is 1. The molecule has 0 saturated carbocycles. The van der Waals surface area contributed by atoms with Gasteiger partial charge < -0.3 is 25.2 Å². The lowest BCUT2D eigenvalue weighted by Crippen LogP contribution is -2.54. The summed E-state index contributed by atoms with van der Waals surface area (Å²) in [6.07, 6.45) is 5.13. The van der Waals surface area contributed by atoms with Gasteiger partial charge in [-0.2, -0.15) is 0 Å². The van der Waals surface area contributed by atoms with Crippen molar-refractivity contribution in [3.8, 4) is 5.75 Å². The molecule has 0 spiro atoms. The number of benzene rings is 2. The summed E-state index contributed by atoms with van der Waals surface area (Å²) in [7, 11) is 1.59. The van der Waals surface area contributed by atoms with Crippen LogP contribution in [0.2, 0.25) is 5.02 Å². The van der Waals surface area contributed by atoms with Crippen molar-refractivity contribution >= 4 is 52.1 Å². The van der Waals surface area contributed by atoms with Crippen LogP contribution in [-0.2, 0) is 14.4 Å². The van der Waals surface area contributed by atoms with E-state index in [1.54, 1.807) is 37.3 Å². The van der Waals surface area contributed by atoms with Crippen LogP contribution in [0.5, 0.6) is 5.75 Å². The first-order valence-corrected chi connectivity index (χ1v) is 16.5. The number of amides is 2. The van der Waals surface area contributed by atoms with Crippen LogP contribution in [0.3, 0.4) is 0 Å². The quantitative estimate of drug-likeness (QED) is 0.294. The summed E-state index contributed by atoms with van der Waals surface area (Å²) in [5, 5.41) is 8.18. The van der Waals surface area contributed by atoms with Gasteiger partial charge in [-0.05, 0) is 37.1 Å². The number of nitrogens with zero attached hydrogens (tertiary/aromatic N) is 6. The predicted octanol–water partition coefficient (Wildman–Crippen LogP) is 5.16. The molecule has 12 nitrogen and oxygen atoms in total. The van der Waals surface area contributed by atoms with Crippen LogP contribution in [0, 0.1) is 5.82 Å². The number of methoxy groups -OCH3 is 1. The first-order chi connectivity index (χ1) is 23.2. The van der Waals surface area contributed by atoms with Crippen molar-refractivity contribution < 1.29 is 23.6 Å². The average Bonchev–Trinajstić information content (AvgIpc) is 3.58. The standard InChI is InChI=1S/C34H40ClFN8O4/c1-4-34(46)40-27-18-28(31(47-3)19-30(27)43-10-7-24(8-11-43)42-14-12-41(13-15-42)22(2)45)39-32-20-33(38-21-37-32)44-29(9-16-48-44)25-6-5-23(35)17-26(25)36/h4-6,17-21,24,29H,1,7-16H2,2-3H3,(H,40,46)(H,37,38,39)/t29-/m1/s1. The molecule has 0 radical (unpaired) electrons. The van der Waals surface area contributed by atoms with Gasteiger partial charge in [0, 0.05) is 81.4 Å². The summed E-state index contributed by atoms with van der Waals surface area (Å²) < 4.78 is 20.6. The van der Waals surface area contributed by atoms with Gasteiger partial charge in [0.25, 0.3) is 0 Å². The van der Waals surface area contributed by atoms with E-state index >= 15 is 0 Å². The topological polar surface area (TPSA) is 115 Å². The molecule has 3 saturated heterocycles. The normalized spacial score (nSPS) is 18.9. The molecule has 3 aliphatic heterocycles. The molecule has 2 amide bonds. The third-order valence-electron chi connectivity index (χ3n) is 9.21. The largest absolute Gasteiger partial charge is 0.494 e. The summed E-state index contributed by atoms with van der Waals surface area (Å²) in [6.45, 7) is 10.5. The fourth-order valence-electron chi connectivity index (χ4n) is 6.68. The van der Waals surface area contributed by atoms with E-state index in [0.717, 1.165) is 57.8 Å². The Kier molecular flexibility index (Phi) is 10.3. The molecule has 48 heavy (non-hydrogen) atoms. The second-order valence-electron chi connectivity index (χ2n) is 12.0. The Labute approximate surface area is 284 Å². The predicted molar refractivity (Wildman–Crippen MR) is 183 cm³/mol. The van der Waals surface area contributed by atoms with Crippen LogP contribution in [0.25, 0.3) is 0 Å². The number of nitrogens with one attached hydrogen (secondary N) is 2. The van der Waals surface area contributed by atoms with Crippen LogP contribution in [0.15, 0.2) is 55.4 Å². The zero-order chi connectivity index (χ0) is 33.8. The Morgan fingerprint density at radius 3 is 2.50 bits per heavy atom. The van der Waals surface area contributed by atoms with E-state index in [9.17, 15) is 14.0 Å². The Bertz CT molecular complexity index is 1660. The highest BCUT2D eigenvalue weighted by Gasteiger charge is 2.32. The first kappa shape index (κ1) is 33.4. The lowest BCUT2D eigenvalue weighted by atomic mass is 10.0. The molecular formula is C34H40ClFN8O4. The zero-order valence-corrected chi connectivity index (χ0v) is 27.9. The van der Waals surface area contributed by atoms with Crippen molar-refractivity contribution in [3.05, 3.63) is 71.8 Å². The van der Waals surface area contributed by atoms with Gasteiger partial charge in [-0.25, -0.2) is 19.4 Å². The summed E-state index contributed by atoms with van der Waals surface area (Å²) in [5.41, 5.74) is 2.48. The number of aromatic nitrogens is 2. The molecule has 14 heteroatoms. The highest BCUT2D eigenvalue weighted by atomic mass is 35.5. The van der Waals surface area contributed by atoms with E-state index in [4.69, 9.17) is 21.2 Å². The molecule has 3 fully saturated rings. The summed E-state index contributed by atoms with van der Waals surface area (Å²) in [4.78, 5) is 45.6. The lowest BCUT2D eigenvalue weighted by molar-refractivity contribution is -0.131. The van der Waals surface area contributed by atoms with Gasteiger partial charge in [-0.15, -0.1) is 0 Å². The fraction of sp³-hybridized carbons (Fsp3) is 0.412. The van der Waals surface area contributed by atoms with E-state index in [1.807, 2.05) is 17.0 Å². The molecule has 2 aromatic carbocycles. The number of rotatable bonds is 9. The van der Waals surface area contributed by atoms with E-state index < -0.39 is 11.9 Å². The number of hydrogen-bond donors (Lipinski definition) is 2. The maximum atomic E-state index is 14.8. The van der Waals surface area contributed by atoms with Gasteiger partial charge in [-0.1, -0.05) is 24.2 Å². The van der Waals surface area contributed by atoms with Gasteiger partial charge in [0.15, 0.2) is 5.82 Å². The lowest BCUT2D eigenvalue weighted by Gasteiger charge is -2.43. The maximum absolute atomic E-state index is 14.8. The average molecular weight is 679 g/mol. The number of piperidine rings is 1. The second-order valence-corrected chi connectivity index (χ2v) is 12.5. The van der Waals surface area contributed by atoms with Crippen molar-refractivity contribution in [3.63, 3.8) is 0 Å². The first-order valence-electron chi connectivity index (χ1n) is 16.1. The van der Waals surface area contributed by atoms with Crippen LogP contribution < -0.4 is 25.3 Å². The molecule has 0 bridgehead atoms. The van der Waals surface area contributed by atoms with Gasteiger partial charge in [-0.3, -0.25) is 19.3 Å². The highest BCUT2D eigenvalue weighted by Crippen LogP contribution is 2.41. The molecule has 1 aromatic heterocycles. The van der Waals surface area contributed by atoms with E-state index in [2.05, 4.69) is 37.0 Å². The van der Waals surface area contributed by atoms with Crippen molar-refractivity contribution in [2.75, 3.05) is 73.6 Å². The smallest absolute Gasteiger partial charge is 0.247 e. The number of anilines is 5. The van der Waals surface area contributed by atoms with Crippen molar-refractivity contribution in [1.82, 2.24) is 19.8 Å². The highest BCUT2D eigenvalue weighted by molar-refractivity contribution is 6.30. The Hall–Kier alpha value is -4.46. The van der Waals surface area contributed by atoms with Gasteiger partial charge in [0.05, 0.1) is 36.8 Å². The van der Waals surface area contributed by atoms with Crippen molar-refractivity contribution in [2.24, 2.45) is 0 Å². The maximum Gasteiger partial charge on any atom is 0.247 e. The summed E-state index contributed by atoms with van der Waals surface area (Å²) >= 11 is 5.98. The minimum Gasteiger partial charge on any atom is -0.494 e. The molecule has 6 rings (SSSR count). The van der Waals surface area contributed by atoms with Crippen LogP contribution in [-0.4, -0.2) is 90.6 Å². The monoisotopic (exact) mass is 678 g/mol. The number of piperazine rings is 1. The summed E-state index contributed by atoms with van der Waals surface area (Å²) in [5.74, 6) is 0.843. The van der Waals surface area contributed by atoms with Crippen molar-refractivity contribution in [2.45, 2.75) is 38.3 Å². The molecule has 1 atom stereocenters. The number of halogens is 2. The van der Waals surface area contributed by atoms with Gasteiger partial charge in [0.2, 0.25) is 11.8 Å². The van der Waals surface area contributed by atoms with E-state index in [-0.39, 0.29) is 11.8 Å². The molecule has 3 aromatic rings. The number of hydroxylamine groups is 1. The molecule has 0 aliphatic carbocycles. The Balaban J connectivity index is 1.20. The third kappa shape index (κ3) is 7.33. The number of carbonyl (C=O) groups excluding carboxylic acids is 2. The second kappa shape index (κ2) is 14.8. The van der Waals surface area contributed by atoms with Crippen LogP contribution in [0.4, 0.5) is 33.1 Å². The van der Waals surface area contributed by atoms with Crippen LogP contribution >= 0.6 is 11.6 Å². The van der Waals surface area contributed by atoms with Gasteiger partial charge >= 0.3 is 0 Å². The summed E-state index contributed by atoms with van der Waals surface area (Å²) in [6, 6.07) is 10.1. The Morgan fingerprint density at radius 2 is 1.81 bits per heavy atom. The van der Waals surface area contributed by atoms with E-state index in [1.165, 1.54) is 18.5 Å². The molecule has 2 N–H and O–H groups in total. The molecule has 0 unspecified atom stereocenters. The molecule has 4 heterocycles. The Morgan fingerprint density at radius 1 is 1.04 bits per heavy atom. The van der Waals surface area contributed by atoms with Crippen LogP contribution in [0.1, 0.15) is 37.8 Å². The molecule has 254 valence electrons. The minimum absolute atomic E-state index is 0.130. The number of carbonyl (C=O) groups is 2. The number of hydrogen-bond acceptors (Lipinski definition) is 10. The van der Waals surface area contributed by atoms with E-state index in [0.29, 0.717) is 58.4 Å². The van der Waals surface area contributed by atoms with Crippen molar-refractivity contribution in [1.29, 1.82) is 0 Å². The molecule has 3 aliphatic rings. The fourth-order valence-corrected chi connectivity index (χ4v) is 6.84. The zero-order valence-electron chi connectivity index (χ0n) is 27.1. The van der Waals surface area contributed by atoms with Gasteiger partial charge in [0.1, 0.15) is 23.7 Å². The molecular weight excluding hydrogens is 639 g/mol. The minimum atomic E-state index is -0.411. The SMILES string of the molecule is C=CC(=O)Nc1cc(Nc2cc(N3OCC[C@@H]3c3ccc(Cl)cc3F)ncn2)c(OC)cc1N1CCC(N2CCN(C(C)=O)CC2)CC1.